The zero-order valence-electron chi connectivity index (χ0n) is 15.1. The van der Waals surface area contributed by atoms with Crippen LogP contribution in [-0.2, 0) is 11.0 Å². The molecule has 0 saturated heterocycles. The lowest BCUT2D eigenvalue weighted by Gasteiger charge is -2.38. The molecule has 0 fully saturated rings. The maximum atomic E-state index is 11.2. The maximum absolute atomic E-state index is 11.2. The van der Waals surface area contributed by atoms with Crippen LogP contribution in [-0.4, -0.2) is 25.9 Å². The van der Waals surface area contributed by atoms with Crippen LogP contribution < -0.4 is 5.32 Å². The van der Waals surface area contributed by atoms with Crippen molar-refractivity contribution in [3.05, 3.63) is 37.9 Å². The molecular formula is C16H26Cl2N2O3Si. The Morgan fingerprint density at radius 1 is 1.33 bits per heavy atom. The molecule has 1 aromatic rings. The number of benzene rings is 1. The summed E-state index contributed by atoms with van der Waals surface area (Å²) in [5.41, 5.74) is 0.364. The third-order valence-electron chi connectivity index (χ3n) is 4.37. The summed E-state index contributed by atoms with van der Waals surface area (Å²) in [6, 6.07) is 2.84. The van der Waals surface area contributed by atoms with Crippen LogP contribution in [0.2, 0.25) is 28.2 Å². The van der Waals surface area contributed by atoms with E-state index in [0.29, 0.717) is 17.1 Å². The number of rotatable bonds is 7. The molecule has 1 unspecified atom stereocenters. The fraction of sp³-hybridized carbons (Fsp3) is 0.625. The molecule has 5 nitrogen and oxygen atoms in total. The van der Waals surface area contributed by atoms with Crippen molar-refractivity contribution in [1.29, 1.82) is 0 Å². The van der Waals surface area contributed by atoms with E-state index in [2.05, 4.69) is 39.2 Å². The molecule has 136 valence electrons. The molecule has 0 radical (unpaired) electrons. The van der Waals surface area contributed by atoms with Crippen LogP contribution in [0, 0.1) is 10.1 Å². The highest BCUT2D eigenvalue weighted by molar-refractivity contribution is 6.74. The van der Waals surface area contributed by atoms with Gasteiger partial charge in [0.1, 0.15) is 0 Å². The smallest absolute Gasteiger partial charge is 0.276 e. The number of hydrogen-bond acceptors (Lipinski definition) is 4. The highest BCUT2D eigenvalue weighted by atomic mass is 35.5. The van der Waals surface area contributed by atoms with Crippen molar-refractivity contribution in [1.82, 2.24) is 5.32 Å². The van der Waals surface area contributed by atoms with Crippen molar-refractivity contribution < 1.29 is 9.35 Å². The Balaban J connectivity index is 2.70. The summed E-state index contributed by atoms with van der Waals surface area (Å²) < 4.78 is 6.26. The van der Waals surface area contributed by atoms with Crippen LogP contribution in [0.1, 0.15) is 33.3 Å². The van der Waals surface area contributed by atoms with Gasteiger partial charge in [0, 0.05) is 24.2 Å². The van der Waals surface area contributed by atoms with E-state index in [1.165, 1.54) is 12.1 Å². The molecule has 1 rings (SSSR count). The molecule has 0 heterocycles. The first kappa shape index (κ1) is 21.4. The monoisotopic (exact) mass is 392 g/mol. The highest BCUT2D eigenvalue weighted by Crippen LogP contribution is 2.37. The predicted molar refractivity (Wildman–Crippen MR) is 103 cm³/mol. The lowest BCUT2D eigenvalue weighted by Crippen LogP contribution is -2.45. The number of nitro benzene ring substituents is 1. The quantitative estimate of drug-likeness (QED) is 0.383. The minimum atomic E-state index is -1.84. The van der Waals surface area contributed by atoms with Crippen LogP contribution in [0.4, 0.5) is 5.69 Å². The van der Waals surface area contributed by atoms with E-state index < -0.39 is 13.2 Å². The van der Waals surface area contributed by atoms with Crippen LogP contribution >= 0.6 is 23.2 Å². The summed E-state index contributed by atoms with van der Waals surface area (Å²) in [7, 11) is -1.84. The normalized spacial score (nSPS) is 13.8. The van der Waals surface area contributed by atoms with Gasteiger partial charge < -0.3 is 9.74 Å². The average Bonchev–Trinajstić information content (AvgIpc) is 2.38. The second-order valence-corrected chi connectivity index (χ2v) is 13.1. The largest absolute Gasteiger partial charge is 0.413 e. The van der Waals surface area contributed by atoms with Gasteiger partial charge in [0.25, 0.3) is 5.69 Å². The van der Waals surface area contributed by atoms with Crippen molar-refractivity contribution >= 4 is 37.2 Å². The maximum Gasteiger partial charge on any atom is 0.276 e. The van der Waals surface area contributed by atoms with Crippen molar-refractivity contribution in [2.24, 2.45) is 0 Å². The molecule has 0 aromatic heterocycles. The van der Waals surface area contributed by atoms with Crippen molar-refractivity contribution in [3.63, 3.8) is 0 Å². The third-order valence-corrected chi connectivity index (χ3v) is 9.53. The van der Waals surface area contributed by atoms with E-state index in [0.717, 1.165) is 0 Å². The lowest BCUT2D eigenvalue weighted by molar-refractivity contribution is -0.385. The predicted octanol–water partition coefficient (Wildman–Crippen LogP) is 5.40. The highest BCUT2D eigenvalue weighted by Gasteiger charge is 2.38. The van der Waals surface area contributed by atoms with Gasteiger partial charge in [-0.1, -0.05) is 44.0 Å². The number of nitro groups is 1. The molecule has 0 aliphatic carbocycles. The van der Waals surface area contributed by atoms with Crippen molar-refractivity contribution in [2.45, 2.75) is 58.5 Å². The molecule has 0 aliphatic rings. The van der Waals surface area contributed by atoms with E-state index in [4.69, 9.17) is 27.6 Å². The Morgan fingerprint density at radius 3 is 2.42 bits per heavy atom. The number of nitrogens with one attached hydrogen (secondary N) is 1. The summed E-state index contributed by atoms with van der Waals surface area (Å²) >= 11 is 11.9. The fourth-order valence-corrected chi connectivity index (χ4v) is 4.04. The second kappa shape index (κ2) is 8.14. The molecule has 1 aromatic carbocycles. The summed E-state index contributed by atoms with van der Waals surface area (Å²) in [5, 5.41) is 15.0. The van der Waals surface area contributed by atoms with Gasteiger partial charge >= 0.3 is 0 Å². The summed E-state index contributed by atoms with van der Waals surface area (Å²) in [6.45, 7) is 13.9. The van der Waals surface area contributed by atoms with E-state index in [-0.39, 0.29) is 28.4 Å². The van der Waals surface area contributed by atoms with E-state index in [1.54, 1.807) is 0 Å². The van der Waals surface area contributed by atoms with Crippen LogP contribution in [0.5, 0.6) is 0 Å². The van der Waals surface area contributed by atoms with Crippen molar-refractivity contribution in [3.8, 4) is 0 Å². The van der Waals surface area contributed by atoms with Gasteiger partial charge in [-0.3, -0.25) is 10.1 Å². The van der Waals surface area contributed by atoms with Crippen molar-refractivity contribution in [2.75, 3.05) is 6.54 Å². The van der Waals surface area contributed by atoms with Gasteiger partial charge in [-0.15, -0.1) is 0 Å². The number of halogens is 2. The van der Waals surface area contributed by atoms with Gasteiger partial charge in [0.2, 0.25) is 0 Å². The topological polar surface area (TPSA) is 64.4 Å². The molecule has 24 heavy (non-hydrogen) atoms. The number of nitrogens with zero attached hydrogens (tertiary/aromatic N) is 1. The molecule has 0 aliphatic heterocycles. The first-order valence-electron chi connectivity index (χ1n) is 7.86. The minimum absolute atomic E-state index is 0.0102. The third kappa shape index (κ3) is 5.70. The summed E-state index contributed by atoms with van der Waals surface area (Å²) in [5.74, 6) is 0. The fourth-order valence-electron chi connectivity index (χ4n) is 2.05. The zero-order chi connectivity index (χ0) is 18.7. The molecule has 8 heteroatoms. The van der Waals surface area contributed by atoms with E-state index >= 15 is 0 Å². The standard InChI is InChI=1S/C16H26Cl2N2O3Si/c1-11(23-24(5,6)16(2,3)4)9-19-10-13-14(18)7-12(17)8-15(13)20(21)22/h7-8,11,19H,9-10H2,1-6H3. The van der Waals surface area contributed by atoms with Gasteiger partial charge in [-0.25, -0.2) is 0 Å². The van der Waals surface area contributed by atoms with Crippen LogP contribution in [0.15, 0.2) is 12.1 Å². The van der Waals surface area contributed by atoms with Gasteiger partial charge in [-0.05, 0) is 31.1 Å². The number of hydrogen-bond donors (Lipinski definition) is 1. The van der Waals surface area contributed by atoms with E-state index in [1.807, 2.05) is 6.92 Å². The zero-order valence-corrected chi connectivity index (χ0v) is 17.6. The minimum Gasteiger partial charge on any atom is -0.413 e. The first-order valence-corrected chi connectivity index (χ1v) is 11.5. The molecule has 0 bridgehead atoms. The van der Waals surface area contributed by atoms with E-state index in [9.17, 15) is 10.1 Å². The first-order chi connectivity index (χ1) is 10.8. The Kier molecular flexibility index (Phi) is 7.25. The lowest BCUT2D eigenvalue weighted by atomic mass is 10.1. The van der Waals surface area contributed by atoms with Gasteiger partial charge in [0.15, 0.2) is 8.32 Å². The Labute approximate surface area is 155 Å². The van der Waals surface area contributed by atoms with Crippen LogP contribution in [0.3, 0.4) is 0 Å². The molecule has 0 spiro atoms. The Bertz CT molecular complexity index is 604. The second-order valence-electron chi connectivity index (χ2n) is 7.46. The molecule has 1 N–H and O–H groups in total. The molecular weight excluding hydrogens is 367 g/mol. The van der Waals surface area contributed by atoms with Crippen LogP contribution in [0.25, 0.3) is 0 Å². The summed E-state index contributed by atoms with van der Waals surface area (Å²) in [4.78, 5) is 10.7. The van der Waals surface area contributed by atoms with Gasteiger partial charge in [0.05, 0.1) is 21.6 Å². The average molecular weight is 393 g/mol. The Morgan fingerprint density at radius 2 is 1.92 bits per heavy atom. The summed E-state index contributed by atoms with van der Waals surface area (Å²) in [6.07, 6.45) is 0.0102. The molecule has 0 amide bonds. The molecule has 0 saturated carbocycles. The Hall–Kier alpha value is -0.663. The van der Waals surface area contributed by atoms with Gasteiger partial charge in [-0.2, -0.15) is 0 Å². The molecule has 1 atom stereocenters. The SMILES string of the molecule is CC(CNCc1c(Cl)cc(Cl)cc1[N+](=O)[O-])O[Si](C)(C)C(C)(C)C.